The first-order valence-electron chi connectivity index (χ1n) is 13.4. The third kappa shape index (κ3) is 7.17. The van der Waals surface area contributed by atoms with E-state index in [1.807, 2.05) is 6.07 Å². The lowest BCUT2D eigenvalue weighted by molar-refractivity contribution is -0.125. The highest BCUT2D eigenvalue weighted by molar-refractivity contribution is 5.87. The number of amides is 1. The van der Waals surface area contributed by atoms with Gasteiger partial charge in [-0.3, -0.25) is 14.6 Å². The molecule has 2 unspecified atom stereocenters. The minimum Gasteiger partial charge on any atom is -0.369 e. The molecule has 0 saturated carbocycles. The standard InChI is InChI=1S/C31H49N3O/c1-22(2)33(23(3)4)20-19-31(30(32)35,21-26(9)34(24(5)6)25(7)8)29-17-15-28(16-18-29)27-13-11-10-12-14-27/h10-18,22-26H,19-21H2,1-9H3,(H2,32,35). The number of rotatable bonds is 13. The average Bonchev–Trinajstić information content (AvgIpc) is 2.78. The van der Waals surface area contributed by atoms with Crippen molar-refractivity contribution in [3.8, 4) is 11.1 Å². The molecule has 0 spiro atoms. The summed E-state index contributed by atoms with van der Waals surface area (Å²) in [5.74, 6) is -0.225. The zero-order chi connectivity index (χ0) is 26.3. The molecular weight excluding hydrogens is 430 g/mol. The van der Waals surface area contributed by atoms with Crippen LogP contribution >= 0.6 is 0 Å². The molecule has 0 heterocycles. The van der Waals surface area contributed by atoms with Gasteiger partial charge in [0.05, 0.1) is 5.41 Å². The molecule has 2 aromatic rings. The summed E-state index contributed by atoms with van der Waals surface area (Å²) in [6, 6.07) is 20.7. The number of hydrogen-bond acceptors (Lipinski definition) is 3. The predicted octanol–water partition coefficient (Wildman–Crippen LogP) is 6.48. The van der Waals surface area contributed by atoms with Gasteiger partial charge in [0, 0.05) is 36.8 Å². The largest absolute Gasteiger partial charge is 0.369 e. The van der Waals surface area contributed by atoms with E-state index in [0.717, 1.165) is 17.7 Å². The molecule has 0 radical (unpaired) electrons. The third-order valence-corrected chi connectivity index (χ3v) is 7.49. The van der Waals surface area contributed by atoms with Crippen LogP contribution < -0.4 is 5.73 Å². The fraction of sp³-hybridized carbons (Fsp3) is 0.581. The van der Waals surface area contributed by atoms with Crippen LogP contribution in [0.4, 0.5) is 0 Å². The number of carbonyl (C=O) groups excluding carboxylic acids is 1. The Labute approximate surface area is 214 Å². The lowest BCUT2D eigenvalue weighted by atomic mass is 9.71. The van der Waals surface area contributed by atoms with Crippen molar-refractivity contribution in [1.29, 1.82) is 0 Å². The van der Waals surface area contributed by atoms with Crippen LogP contribution in [0.5, 0.6) is 0 Å². The number of nitrogens with zero attached hydrogens (tertiary/aromatic N) is 2. The molecule has 194 valence electrons. The van der Waals surface area contributed by atoms with Gasteiger partial charge in [0.25, 0.3) is 0 Å². The summed E-state index contributed by atoms with van der Waals surface area (Å²) in [7, 11) is 0. The molecule has 0 saturated heterocycles. The van der Waals surface area contributed by atoms with Crippen LogP contribution in [0, 0.1) is 0 Å². The topological polar surface area (TPSA) is 49.6 Å². The van der Waals surface area contributed by atoms with E-state index in [9.17, 15) is 4.79 Å². The molecular formula is C31H49N3O. The molecule has 2 atom stereocenters. The second-order valence-corrected chi connectivity index (χ2v) is 11.3. The van der Waals surface area contributed by atoms with Gasteiger partial charge in [-0.25, -0.2) is 0 Å². The average molecular weight is 480 g/mol. The van der Waals surface area contributed by atoms with E-state index in [2.05, 4.69) is 121 Å². The van der Waals surface area contributed by atoms with Crippen molar-refractivity contribution in [2.24, 2.45) is 5.73 Å². The summed E-state index contributed by atoms with van der Waals surface area (Å²) in [5.41, 5.74) is 8.93. The van der Waals surface area contributed by atoms with Crippen molar-refractivity contribution < 1.29 is 4.79 Å². The monoisotopic (exact) mass is 479 g/mol. The van der Waals surface area contributed by atoms with Crippen molar-refractivity contribution in [3.63, 3.8) is 0 Å². The SMILES string of the molecule is CC(C)N(CCC(CC(C)N(C(C)C)C(C)C)(C(N)=O)c1ccc(-c2ccccc2)cc1)C(C)C. The maximum atomic E-state index is 13.4. The minimum absolute atomic E-state index is 0.211. The van der Waals surface area contributed by atoms with E-state index in [1.54, 1.807) is 0 Å². The summed E-state index contributed by atoms with van der Waals surface area (Å²) in [6.45, 7) is 20.9. The maximum Gasteiger partial charge on any atom is 0.228 e. The Morgan fingerprint density at radius 1 is 0.743 bits per heavy atom. The quantitative estimate of drug-likeness (QED) is 0.357. The van der Waals surface area contributed by atoms with E-state index in [1.165, 1.54) is 5.56 Å². The smallest absolute Gasteiger partial charge is 0.228 e. The molecule has 1 amide bonds. The van der Waals surface area contributed by atoms with E-state index >= 15 is 0 Å². The molecule has 4 nitrogen and oxygen atoms in total. The van der Waals surface area contributed by atoms with Crippen LogP contribution in [0.1, 0.15) is 80.7 Å². The van der Waals surface area contributed by atoms with Gasteiger partial charge in [0.2, 0.25) is 5.91 Å². The summed E-state index contributed by atoms with van der Waals surface area (Å²) < 4.78 is 0. The Morgan fingerprint density at radius 3 is 1.66 bits per heavy atom. The first-order chi connectivity index (χ1) is 16.4. The van der Waals surface area contributed by atoms with Crippen molar-refractivity contribution >= 4 is 5.91 Å². The fourth-order valence-electron chi connectivity index (χ4n) is 6.00. The van der Waals surface area contributed by atoms with E-state index in [-0.39, 0.29) is 11.9 Å². The molecule has 2 aromatic carbocycles. The molecule has 0 fully saturated rings. The van der Waals surface area contributed by atoms with Crippen LogP contribution in [0.15, 0.2) is 54.6 Å². The van der Waals surface area contributed by atoms with Crippen LogP contribution in [0.2, 0.25) is 0 Å². The number of benzene rings is 2. The molecule has 0 bridgehead atoms. The van der Waals surface area contributed by atoms with Gasteiger partial charge in [0.1, 0.15) is 0 Å². The maximum absolute atomic E-state index is 13.4. The van der Waals surface area contributed by atoms with E-state index < -0.39 is 5.41 Å². The van der Waals surface area contributed by atoms with Crippen molar-refractivity contribution in [1.82, 2.24) is 9.80 Å². The number of hydrogen-bond donors (Lipinski definition) is 1. The number of nitrogens with two attached hydrogens (primary N) is 1. The lowest BCUT2D eigenvalue weighted by Gasteiger charge is -2.43. The van der Waals surface area contributed by atoms with Crippen molar-refractivity contribution in [2.45, 2.75) is 111 Å². The first kappa shape index (κ1) is 29.1. The van der Waals surface area contributed by atoms with Gasteiger partial charge < -0.3 is 5.73 Å². The second-order valence-electron chi connectivity index (χ2n) is 11.3. The van der Waals surface area contributed by atoms with Crippen LogP contribution in [0.3, 0.4) is 0 Å². The normalized spacial score (nSPS) is 14.9. The Bertz CT molecular complexity index is 889. The Kier molecular flexibility index (Phi) is 10.5. The molecule has 4 heteroatoms. The molecule has 2 rings (SSSR count). The molecule has 2 N–H and O–H groups in total. The zero-order valence-corrected chi connectivity index (χ0v) is 23.6. The van der Waals surface area contributed by atoms with Gasteiger partial charge >= 0.3 is 0 Å². The van der Waals surface area contributed by atoms with Crippen molar-refractivity contribution in [2.75, 3.05) is 6.54 Å². The summed E-state index contributed by atoms with van der Waals surface area (Å²) >= 11 is 0. The molecule has 0 aromatic heterocycles. The highest BCUT2D eigenvalue weighted by Gasteiger charge is 2.42. The van der Waals surface area contributed by atoms with Gasteiger partial charge in [-0.2, -0.15) is 0 Å². The fourth-order valence-corrected chi connectivity index (χ4v) is 6.00. The predicted molar refractivity (Wildman–Crippen MR) is 151 cm³/mol. The first-order valence-corrected chi connectivity index (χ1v) is 13.4. The highest BCUT2D eigenvalue weighted by atomic mass is 16.1. The van der Waals surface area contributed by atoms with Gasteiger partial charge in [-0.15, -0.1) is 0 Å². The molecule has 0 aliphatic heterocycles. The summed E-state index contributed by atoms with van der Waals surface area (Å²) in [4.78, 5) is 18.4. The third-order valence-electron chi connectivity index (χ3n) is 7.49. The lowest BCUT2D eigenvalue weighted by Crippen LogP contribution is -2.52. The van der Waals surface area contributed by atoms with Crippen LogP contribution in [-0.2, 0) is 10.2 Å². The zero-order valence-electron chi connectivity index (χ0n) is 23.6. The Hall–Kier alpha value is -2.17. The summed E-state index contributed by atoms with van der Waals surface area (Å²) in [6.07, 6.45) is 1.41. The minimum atomic E-state index is -0.737. The second kappa shape index (κ2) is 12.7. The van der Waals surface area contributed by atoms with Gasteiger partial charge in [-0.05, 0) is 91.8 Å². The van der Waals surface area contributed by atoms with E-state index in [4.69, 9.17) is 5.73 Å². The van der Waals surface area contributed by atoms with Crippen LogP contribution in [0.25, 0.3) is 11.1 Å². The Balaban J connectivity index is 2.53. The molecule has 0 aliphatic rings. The Morgan fingerprint density at radius 2 is 1.23 bits per heavy atom. The van der Waals surface area contributed by atoms with Crippen LogP contribution in [-0.4, -0.2) is 52.5 Å². The van der Waals surface area contributed by atoms with Crippen molar-refractivity contribution in [3.05, 3.63) is 60.2 Å². The highest BCUT2D eigenvalue weighted by Crippen LogP contribution is 2.37. The van der Waals surface area contributed by atoms with Gasteiger partial charge in [0.15, 0.2) is 0 Å². The molecule has 35 heavy (non-hydrogen) atoms. The molecule has 0 aliphatic carbocycles. The van der Waals surface area contributed by atoms with Gasteiger partial charge in [-0.1, -0.05) is 54.6 Å². The summed E-state index contributed by atoms with van der Waals surface area (Å²) in [5, 5.41) is 0. The number of primary amides is 1. The number of carbonyl (C=O) groups is 1. The van der Waals surface area contributed by atoms with E-state index in [0.29, 0.717) is 37.0 Å².